The predicted molar refractivity (Wildman–Crippen MR) is 81.6 cm³/mol. The maximum Gasteiger partial charge on any atom is 0.237 e. The van der Waals surface area contributed by atoms with Gasteiger partial charge in [-0.15, -0.1) is 0 Å². The number of amides is 1. The molecule has 0 bridgehead atoms. The topological polar surface area (TPSA) is 67.6 Å². The molecule has 3 N–H and O–H groups in total. The first-order valence-corrected chi connectivity index (χ1v) is 7.82. The van der Waals surface area contributed by atoms with Crippen molar-refractivity contribution in [2.45, 2.75) is 57.5 Å². The standard InChI is InChI=1S/C15H31N3O2/c1-4-17-15(2,14(16)19)9-5-6-10-18(3)13-7-11-20-12-8-13/h13,17H,4-12H2,1-3H3,(H2,16,19). The second-order valence-corrected chi connectivity index (χ2v) is 6.01. The highest BCUT2D eigenvalue weighted by molar-refractivity contribution is 5.84. The van der Waals surface area contributed by atoms with Crippen LogP contribution in [-0.2, 0) is 9.53 Å². The molecule has 1 rings (SSSR count). The van der Waals surface area contributed by atoms with E-state index in [1.807, 2.05) is 13.8 Å². The Morgan fingerprint density at radius 3 is 2.60 bits per heavy atom. The zero-order chi connectivity index (χ0) is 15.0. The molecule has 1 fully saturated rings. The molecule has 1 unspecified atom stereocenters. The van der Waals surface area contributed by atoms with E-state index in [9.17, 15) is 4.79 Å². The first-order valence-electron chi connectivity index (χ1n) is 7.82. The molecule has 1 heterocycles. The number of hydrogen-bond donors (Lipinski definition) is 2. The van der Waals surface area contributed by atoms with Gasteiger partial charge < -0.3 is 20.7 Å². The molecule has 5 nitrogen and oxygen atoms in total. The molecule has 1 aliphatic heterocycles. The first kappa shape index (κ1) is 17.4. The Bertz CT molecular complexity index is 293. The summed E-state index contributed by atoms with van der Waals surface area (Å²) in [6.07, 6.45) is 5.18. The van der Waals surface area contributed by atoms with Gasteiger partial charge in [0.2, 0.25) is 5.91 Å². The maximum absolute atomic E-state index is 11.5. The number of hydrogen-bond acceptors (Lipinski definition) is 4. The van der Waals surface area contributed by atoms with Crippen LogP contribution in [0.4, 0.5) is 0 Å². The van der Waals surface area contributed by atoms with Crippen LogP contribution in [0.25, 0.3) is 0 Å². The summed E-state index contributed by atoms with van der Waals surface area (Å²) in [5.41, 5.74) is 4.93. The third-order valence-electron chi connectivity index (χ3n) is 4.36. The van der Waals surface area contributed by atoms with Crippen LogP contribution >= 0.6 is 0 Å². The molecule has 0 aromatic rings. The van der Waals surface area contributed by atoms with Gasteiger partial charge in [-0.1, -0.05) is 6.92 Å². The zero-order valence-corrected chi connectivity index (χ0v) is 13.3. The van der Waals surface area contributed by atoms with Crippen LogP contribution in [0, 0.1) is 0 Å². The number of ether oxygens (including phenoxy) is 1. The number of carbonyl (C=O) groups excluding carboxylic acids is 1. The van der Waals surface area contributed by atoms with Gasteiger partial charge in [0, 0.05) is 19.3 Å². The lowest BCUT2D eigenvalue weighted by molar-refractivity contribution is -0.124. The highest BCUT2D eigenvalue weighted by Gasteiger charge is 2.29. The molecule has 1 amide bonds. The van der Waals surface area contributed by atoms with Crippen molar-refractivity contribution >= 4 is 5.91 Å². The van der Waals surface area contributed by atoms with E-state index in [-0.39, 0.29) is 5.91 Å². The van der Waals surface area contributed by atoms with Crippen LogP contribution in [0.5, 0.6) is 0 Å². The molecule has 0 radical (unpaired) electrons. The Labute approximate surface area is 123 Å². The molecule has 0 saturated carbocycles. The largest absolute Gasteiger partial charge is 0.381 e. The van der Waals surface area contributed by atoms with E-state index in [4.69, 9.17) is 10.5 Å². The maximum atomic E-state index is 11.5. The number of nitrogens with one attached hydrogen (secondary N) is 1. The second-order valence-electron chi connectivity index (χ2n) is 6.01. The fraction of sp³-hybridized carbons (Fsp3) is 0.933. The minimum atomic E-state index is -0.563. The lowest BCUT2D eigenvalue weighted by Crippen LogP contribution is -2.53. The molecular formula is C15H31N3O2. The van der Waals surface area contributed by atoms with E-state index in [0.29, 0.717) is 6.04 Å². The van der Waals surface area contributed by atoms with Crippen LogP contribution in [-0.4, -0.2) is 55.7 Å². The van der Waals surface area contributed by atoms with E-state index in [1.54, 1.807) is 0 Å². The van der Waals surface area contributed by atoms with Crippen molar-refractivity contribution in [1.29, 1.82) is 0 Å². The zero-order valence-electron chi connectivity index (χ0n) is 13.3. The SMILES string of the molecule is CCNC(C)(CCCCN(C)C1CCOCC1)C(N)=O. The van der Waals surface area contributed by atoms with Crippen LogP contribution in [0.3, 0.4) is 0 Å². The quantitative estimate of drug-likeness (QED) is 0.623. The average Bonchev–Trinajstić information content (AvgIpc) is 2.44. The number of unbranched alkanes of at least 4 members (excludes halogenated alkanes) is 1. The summed E-state index contributed by atoms with van der Waals surface area (Å²) in [5.74, 6) is -0.253. The van der Waals surface area contributed by atoms with E-state index >= 15 is 0 Å². The Kier molecular flexibility index (Phi) is 7.48. The fourth-order valence-electron chi connectivity index (χ4n) is 2.84. The van der Waals surface area contributed by atoms with Gasteiger partial charge in [-0.05, 0) is 59.2 Å². The molecule has 1 atom stereocenters. The van der Waals surface area contributed by atoms with Crippen LogP contribution < -0.4 is 11.1 Å². The number of primary amides is 1. The van der Waals surface area contributed by atoms with Gasteiger partial charge in [-0.3, -0.25) is 4.79 Å². The molecule has 1 saturated heterocycles. The lowest BCUT2D eigenvalue weighted by atomic mass is 9.93. The molecule has 0 aromatic carbocycles. The first-order chi connectivity index (χ1) is 9.49. The summed E-state index contributed by atoms with van der Waals surface area (Å²) in [6.45, 7) is 7.51. The Hall–Kier alpha value is -0.650. The molecule has 0 aliphatic carbocycles. The van der Waals surface area contributed by atoms with Crippen molar-refractivity contribution in [3.8, 4) is 0 Å². The van der Waals surface area contributed by atoms with Crippen molar-refractivity contribution < 1.29 is 9.53 Å². The number of carbonyl (C=O) groups is 1. The molecule has 5 heteroatoms. The summed E-state index contributed by atoms with van der Waals surface area (Å²) in [6, 6.07) is 0.653. The van der Waals surface area contributed by atoms with Crippen LogP contribution in [0.1, 0.15) is 46.0 Å². The summed E-state index contributed by atoms with van der Waals surface area (Å²) >= 11 is 0. The van der Waals surface area contributed by atoms with Crippen molar-refractivity contribution in [1.82, 2.24) is 10.2 Å². The summed E-state index contributed by atoms with van der Waals surface area (Å²) in [5, 5.41) is 3.21. The minimum absolute atomic E-state index is 0.253. The van der Waals surface area contributed by atoms with E-state index in [0.717, 1.165) is 58.4 Å². The van der Waals surface area contributed by atoms with Crippen LogP contribution in [0.2, 0.25) is 0 Å². The van der Waals surface area contributed by atoms with Gasteiger partial charge in [0.25, 0.3) is 0 Å². The van der Waals surface area contributed by atoms with E-state index in [2.05, 4.69) is 17.3 Å². The molecule has 0 aromatic heterocycles. The highest BCUT2D eigenvalue weighted by Crippen LogP contribution is 2.16. The summed E-state index contributed by atoms with van der Waals surface area (Å²) in [7, 11) is 2.19. The van der Waals surface area contributed by atoms with Crippen LogP contribution in [0.15, 0.2) is 0 Å². The van der Waals surface area contributed by atoms with Gasteiger partial charge in [0.15, 0.2) is 0 Å². The van der Waals surface area contributed by atoms with Gasteiger partial charge in [-0.2, -0.15) is 0 Å². The third-order valence-corrected chi connectivity index (χ3v) is 4.36. The molecule has 118 valence electrons. The average molecular weight is 285 g/mol. The highest BCUT2D eigenvalue weighted by atomic mass is 16.5. The lowest BCUT2D eigenvalue weighted by Gasteiger charge is -2.31. The number of rotatable bonds is 9. The summed E-state index contributed by atoms with van der Waals surface area (Å²) < 4.78 is 5.39. The van der Waals surface area contributed by atoms with Gasteiger partial charge in [0.1, 0.15) is 0 Å². The smallest absolute Gasteiger partial charge is 0.237 e. The Morgan fingerprint density at radius 2 is 2.05 bits per heavy atom. The summed E-state index contributed by atoms with van der Waals surface area (Å²) in [4.78, 5) is 13.9. The van der Waals surface area contributed by atoms with Gasteiger partial charge in [-0.25, -0.2) is 0 Å². The third kappa shape index (κ3) is 5.38. The predicted octanol–water partition coefficient (Wildman–Crippen LogP) is 1.12. The van der Waals surface area contributed by atoms with E-state index < -0.39 is 5.54 Å². The van der Waals surface area contributed by atoms with Crippen molar-refractivity contribution in [2.24, 2.45) is 5.73 Å². The van der Waals surface area contributed by atoms with Crippen molar-refractivity contribution in [3.05, 3.63) is 0 Å². The number of likely N-dealkylation sites (N-methyl/N-ethyl adjacent to an activating group) is 1. The molecule has 0 spiro atoms. The number of nitrogens with two attached hydrogens (primary N) is 1. The number of nitrogens with zero attached hydrogens (tertiary/aromatic N) is 1. The minimum Gasteiger partial charge on any atom is -0.381 e. The Morgan fingerprint density at radius 1 is 1.40 bits per heavy atom. The van der Waals surface area contributed by atoms with Crippen molar-refractivity contribution in [2.75, 3.05) is 33.4 Å². The fourth-order valence-corrected chi connectivity index (χ4v) is 2.84. The molecule has 1 aliphatic rings. The van der Waals surface area contributed by atoms with Gasteiger partial charge in [0.05, 0.1) is 5.54 Å². The molecule has 20 heavy (non-hydrogen) atoms. The monoisotopic (exact) mass is 285 g/mol. The normalized spacial score (nSPS) is 20.0. The molecular weight excluding hydrogens is 254 g/mol. The Balaban J connectivity index is 2.24. The van der Waals surface area contributed by atoms with E-state index in [1.165, 1.54) is 0 Å². The second kappa shape index (κ2) is 8.60. The van der Waals surface area contributed by atoms with Gasteiger partial charge >= 0.3 is 0 Å². The van der Waals surface area contributed by atoms with Crippen molar-refractivity contribution in [3.63, 3.8) is 0 Å².